The van der Waals surface area contributed by atoms with E-state index >= 15 is 0 Å². The summed E-state index contributed by atoms with van der Waals surface area (Å²) in [7, 11) is 0. The molecule has 0 amide bonds. The Morgan fingerprint density at radius 2 is 1.82 bits per heavy atom. The third-order valence-corrected chi connectivity index (χ3v) is 6.97. The van der Waals surface area contributed by atoms with E-state index in [9.17, 15) is 18.4 Å². The first-order valence-corrected chi connectivity index (χ1v) is 12.3. The summed E-state index contributed by atoms with van der Waals surface area (Å²) >= 11 is 6.27. The van der Waals surface area contributed by atoms with E-state index in [1.165, 1.54) is 0 Å². The number of aromatic nitrogens is 5. The fraction of sp³-hybridized carbons (Fsp3) is 0.320. The van der Waals surface area contributed by atoms with Gasteiger partial charge in [0.1, 0.15) is 17.8 Å². The van der Waals surface area contributed by atoms with Crippen LogP contribution in [0.1, 0.15) is 34.3 Å². The van der Waals surface area contributed by atoms with Gasteiger partial charge in [0.15, 0.2) is 5.69 Å². The third-order valence-electron chi connectivity index (χ3n) is 6.73. The Morgan fingerprint density at radius 1 is 1.05 bits per heavy atom. The molecule has 1 atom stereocenters. The second-order valence-corrected chi connectivity index (χ2v) is 9.45. The molecule has 1 saturated heterocycles. The number of anilines is 2. The van der Waals surface area contributed by atoms with E-state index in [-0.39, 0.29) is 11.6 Å². The predicted octanol–water partition coefficient (Wildman–Crippen LogP) is 4.28. The van der Waals surface area contributed by atoms with E-state index in [0.717, 1.165) is 22.2 Å². The molecule has 2 aliphatic rings. The van der Waals surface area contributed by atoms with Crippen molar-refractivity contribution in [2.24, 2.45) is 0 Å². The molecule has 0 aliphatic carbocycles. The third kappa shape index (κ3) is 4.37. The molecule has 0 spiro atoms. The molecule has 1 aromatic carbocycles. The number of halogens is 4. The van der Waals surface area contributed by atoms with Crippen molar-refractivity contribution in [3.05, 3.63) is 69.9 Å². The van der Waals surface area contributed by atoms with Crippen LogP contribution in [0.4, 0.5) is 25.1 Å². The molecule has 0 radical (unpaired) electrons. The molecular weight excluding hydrogens is 521 g/mol. The largest absolute Gasteiger partial charge is 0.433 e. The van der Waals surface area contributed by atoms with Crippen molar-refractivity contribution in [1.29, 1.82) is 5.26 Å². The number of nitrogens with one attached hydrogen (secondary N) is 1. The molecule has 3 aromatic heterocycles. The van der Waals surface area contributed by atoms with Crippen molar-refractivity contribution in [3.8, 4) is 6.07 Å². The van der Waals surface area contributed by atoms with Gasteiger partial charge in [0.05, 0.1) is 13.2 Å². The minimum atomic E-state index is -4.74. The number of alkyl halides is 3. The van der Waals surface area contributed by atoms with Gasteiger partial charge in [-0.15, -0.1) is 0 Å². The van der Waals surface area contributed by atoms with E-state index in [0.29, 0.717) is 61.9 Å². The van der Waals surface area contributed by atoms with Crippen molar-refractivity contribution in [3.63, 3.8) is 0 Å². The van der Waals surface area contributed by atoms with Gasteiger partial charge in [0.25, 0.3) is 0 Å². The average molecular weight is 541 g/mol. The smallest absolute Gasteiger partial charge is 0.378 e. The van der Waals surface area contributed by atoms with Crippen LogP contribution in [0.5, 0.6) is 0 Å². The average Bonchev–Trinajstić information content (AvgIpc) is 3.30. The maximum Gasteiger partial charge on any atom is 0.433 e. The summed E-state index contributed by atoms with van der Waals surface area (Å²) in [6.07, 6.45) is -0.898. The van der Waals surface area contributed by atoms with E-state index < -0.39 is 17.9 Å². The SMILES string of the molecule is N#Cc1cc(C(F)(F)F)nc(N2CCc3c([nH]c4ccc(Cl)cc34)[C@@H]2c2cnc(N3CCOCC3)nc2)n1. The van der Waals surface area contributed by atoms with Gasteiger partial charge in [-0.05, 0) is 30.2 Å². The van der Waals surface area contributed by atoms with Crippen LogP contribution >= 0.6 is 11.6 Å². The van der Waals surface area contributed by atoms with Crippen LogP contribution in [0.3, 0.4) is 0 Å². The second-order valence-electron chi connectivity index (χ2n) is 9.02. The second kappa shape index (κ2) is 9.41. The first-order valence-electron chi connectivity index (χ1n) is 11.9. The van der Waals surface area contributed by atoms with Crippen molar-refractivity contribution in [2.75, 3.05) is 42.6 Å². The summed E-state index contributed by atoms with van der Waals surface area (Å²) < 4.78 is 46.3. The Hall–Kier alpha value is -3.95. The van der Waals surface area contributed by atoms with E-state index in [2.05, 4.69) is 24.9 Å². The van der Waals surface area contributed by atoms with Crippen LogP contribution in [0.25, 0.3) is 10.9 Å². The standard InChI is InChI=1S/C25H20ClF3N8O/c26-15-1-2-19-18(9-15)17-3-4-37(24-33-16(11-30)10-20(35-24)25(27,28)29)22(21(17)34-19)14-12-31-23(32-13-14)36-5-7-38-8-6-36/h1-2,9-10,12-13,22,34H,3-8H2/t22-/m0/s1. The van der Waals surface area contributed by atoms with Crippen LogP contribution in [0.15, 0.2) is 36.7 Å². The van der Waals surface area contributed by atoms with Crippen LogP contribution in [-0.2, 0) is 17.3 Å². The molecule has 194 valence electrons. The zero-order valence-corrected chi connectivity index (χ0v) is 20.6. The molecule has 0 bridgehead atoms. The Kier molecular flexibility index (Phi) is 6.04. The number of rotatable bonds is 3. The lowest BCUT2D eigenvalue weighted by atomic mass is 9.94. The van der Waals surface area contributed by atoms with Crippen molar-refractivity contribution >= 4 is 34.4 Å². The molecule has 1 fully saturated rings. The number of fused-ring (bicyclic) bond motifs is 3. The number of nitriles is 1. The van der Waals surface area contributed by atoms with Gasteiger partial charge in [-0.25, -0.2) is 19.9 Å². The summed E-state index contributed by atoms with van der Waals surface area (Å²) in [5.74, 6) is 0.353. The van der Waals surface area contributed by atoms with Crippen molar-refractivity contribution in [2.45, 2.75) is 18.6 Å². The van der Waals surface area contributed by atoms with Crippen LogP contribution < -0.4 is 9.80 Å². The highest BCUT2D eigenvalue weighted by Crippen LogP contribution is 2.41. The Labute approximate surface area is 219 Å². The molecule has 5 heterocycles. The number of hydrogen-bond donors (Lipinski definition) is 1. The van der Waals surface area contributed by atoms with Gasteiger partial charge in [0, 0.05) is 65.3 Å². The summed E-state index contributed by atoms with van der Waals surface area (Å²) in [5.41, 5.74) is 1.70. The van der Waals surface area contributed by atoms with E-state index in [1.807, 2.05) is 17.0 Å². The molecule has 2 aliphatic heterocycles. The maximum absolute atomic E-state index is 13.6. The summed E-state index contributed by atoms with van der Waals surface area (Å²) in [6.45, 7) is 2.79. The number of H-pyrrole nitrogens is 1. The highest BCUT2D eigenvalue weighted by atomic mass is 35.5. The van der Waals surface area contributed by atoms with Crippen molar-refractivity contribution in [1.82, 2.24) is 24.9 Å². The van der Waals surface area contributed by atoms with Crippen LogP contribution in [-0.4, -0.2) is 57.8 Å². The molecule has 38 heavy (non-hydrogen) atoms. The Morgan fingerprint density at radius 3 is 2.53 bits per heavy atom. The zero-order valence-electron chi connectivity index (χ0n) is 19.8. The first-order chi connectivity index (χ1) is 18.3. The lowest BCUT2D eigenvalue weighted by Gasteiger charge is -2.36. The van der Waals surface area contributed by atoms with Gasteiger partial charge in [-0.2, -0.15) is 18.4 Å². The number of benzene rings is 1. The van der Waals surface area contributed by atoms with Gasteiger partial charge in [-0.3, -0.25) is 0 Å². The Bertz CT molecular complexity index is 1540. The van der Waals surface area contributed by atoms with Crippen LogP contribution in [0.2, 0.25) is 5.02 Å². The lowest BCUT2D eigenvalue weighted by molar-refractivity contribution is -0.141. The number of aromatic amines is 1. The summed E-state index contributed by atoms with van der Waals surface area (Å²) in [5, 5.41) is 10.9. The minimum absolute atomic E-state index is 0.194. The molecular formula is C25H20ClF3N8O. The maximum atomic E-state index is 13.6. The molecule has 1 N–H and O–H groups in total. The number of ether oxygens (including phenoxy) is 1. The number of morpholine rings is 1. The fourth-order valence-electron chi connectivity index (χ4n) is 4.99. The topological polar surface area (TPSA) is 107 Å². The lowest BCUT2D eigenvalue weighted by Crippen LogP contribution is -2.39. The van der Waals surface area contributed by atoms with E-state index in [4.69, 9.17) is 16.3 Å². The Balaban J connectivity index is 1.49. The van der Waals surface area contributed by atoms with Gasteiger partial charge >= 0.3 is 6.18 Å². The molecule has 0 unspecified atom stereocenters. The monoisotopic (exact) mass is 540 g/mol. The predicted molar refractivity (Wildman–Crippen MR) is 133 cm³/mol. The number of nitrogens with zero attached hydrogens (tertiary/aromatic N) is 7. The molecule has 9 nitrogen and oxygen atoms in total. The summed E-state index contributed by atoms with van der Waals surface area (Å²) in [6, 6.07) is 7.25. The quantitative estimate of drug-likeness (QED) is 0.410. The van der Waals surface area contributed by atoms with E-state index in [1.54, 1.807) is 29.4 Å². The van der Waals surface area contributed by atoms with Gasteiger partial charge < -0.3 is 19.5 Å². The molecule has 13 heteroatoms. The zero-order chi connectivity index (χ0) is 26.4. The molecule has 6 rings (SSSR count). The molecule has 0 saturated carbocycles. The highest BCUT2D eigenvalue weighted by Gasteiger charge is 2.38. The van der Waals surface area contributed by atoms with Gasteiger partial charge in [-0.1, -0.05) is 11.6 Å². The minimum Gasteiger partial charge on any atom is -0.378 e. The fourth-order valence-corrected chi connectivity index (χ4v) is 5.16. The number of hydrogen-bond acceptors (Lipinski definition) is 8. The normalized spacial score (nSPS) is 17.9. The van der Waals surface area contributed by atoms with Crippen molar-refractivity contribution < 1.29 is 17.9 Å². The van der Waals surface area contributed by atoms with Gasteiger partial charge in [0.2, 0.25) is 11.9 Å². The molecule has 4 aromatic rings. The van der Waals surface area contributed by atoms with Crippen LogP contribution in [0, 0.1) is 11.3 Å². The first kappa shape index (κ1) is 24.4. The summed E-state index contributed by atoms with van der Waals surface area (Å²) in [4.78, 5) is 24.2. The highest BCUT2D eigenvalue weighted by molar-refractivity contribution is 6.31.